The van der Waals surface area contributed by atoms with E-state index in [2.05, 4.69) is 22.9 Å². The minimum Gasteiger partial charge on any atom is -0.336 e. The van der Waals surface area contributed by atoms with Crippen molar-refractivity contribution in [1.29, 1.82) is 0 Å². The highest BCUT2D eigenvalue weighted by atomic mass is 79.9. The minimum atomic E-state index is -3.84. The second-order valence-corrected chi connectivity index (χ2v) is 8.17. The van der Waals surface area contributed by atoms with Crippen molar-refractivity contribution in [3.8, 4) is 0 Å². The number of carbonyl (C=O) groups is 1. The first-order valence-electron chi connectivity index (χ1n) is 6.83. The van der Waals surface area contributed by atoms with Crippen LogP contribution in [0.3, 0.4) is 0 Å². The van der Waals surface area contributed by atoms with E-state index in [9.17, 15) is 13.2 Å². The summed E-state index contributed by atoms with van der Waals surface area (Å²) < 4.78 is 23.5. The van der Waals surface area contributed by atoms with Crippen LogP contribution in [-0.4, -0.2) is 31.8 Å². The lowest BCUT2D eigenvalue weighted by molar-refractivity contribution is 0.0588. The summed E-state index contributed by atoms with van der Waals surface area (Å²) >= 11 is 3.23. The van der Waals surface area contributed by atoms with E-state index in [0.29, 0.717) is 22.5 Å². The van der Waals surface area contributed by atoms with Gasteiger partial charge in [-0.1, -0.05) is 22.9 Å². The van der Waals surface area contributed by atoms with Gasteiger partial charge in [0, 0.05) is 22.6 Å². The zero-order valence-corrected chi connectivity index (χ0v) is 14.4. The number of likely N-dealkylation sites (tertiary alicyclic amines) is 1. The predicted octanol–water partition coefficient (Wildman–Crippen LogP) is 2.36. The van der Waals surface area contributed by atoms with Crippen molar-refractivity contribution in [2.75, 3.05) is 6.54 Å². The Kier molecular flexibility index (Phi) is 4.75. The monoisotopic (exact) mass is 374 g/mol. The molecule has 0 saturated carbocycles. The molecular weight excluding hydrogens is 356 g/mol. The van der Waals surface area contributed by atoms with Gasteiger partial charge in [-0.3, -0.25) is 4.79 Å². The standard InChI is InChI=1S/C14H19BrN2O3S/c1-9-3-4-17(10(2)5-9)14(18)11-6-12(15)8-13(7-11)21(16,19)20/h6-10H,3-5H2,1-2H3,(H2,16,19,20). The van der Waals surface area contributed by atoms with Crippen molar-refractivity contribution < 1.29 is 13.2 Å². The van der Waals surface area contributed by atoms with E-state index in [1.54, 1.807) is 11.0 Å². The maximum absolute atomic E-state index is 12.6. The molecule has 2 atom stereocenters. The van der Waals surface area contributed by atoms with E-state index in [-0.39, 0.29) is 16.8 Å². The van der Waals surface area contributed by atoms with E-state index < -0.39 is 10.0 Å². The number of benzene rings is 1. The molecule has 1 heterocycles. The van der Waals surface area contributed by atoms with Crippen LogP contribution in [0.2, 0.25) is 0 Å². The number of nitrogens with two attached hydrogens (primary N) is 1. The maximum Gasteiger partial charge on any atom is 0.254 e. The third kappa shape index (κ3) is 3.84. The first kappa shape index (κ1) is 16.5. The van der Waals surface area contributed by atoms with Crippen molar-refractivity contribution >= 4 is 31.9 Å². The molecule has 2 rings (SSSR count). The first-order valence-corrected chi connectivity index (χ1v) is 9.17. The van der Waals surface area contributed by atoms with E-state index in [1.165, 1.54) is 12.1 Å². The molecule has 1 aliphatic rings. The van der Waals surface area contributed by atoms with Crippen molar-refractivity contribution in [3.05, 3.63) is 28.2 Å². The number of nitrogens with zero attached hydrogens (tertiary/aromatic N) is 1. The van der Waals surface area contributed by atoms with Gasteiger partial charge < -0.3 is 4.90 Å². The van der Waals surface area contributed by atoms with Crippen molar-refractivity contribution in [3.63, 3.8) is 0 Å². The summed E-state index contributed by atoms with van der Waals surface area (Å²) in [5, 5.41) is 5.15. The van der Waals surface area contributed by atoms with Crippen molar-refractivity contribution in [2.24, 2.45) is 11.1 Å². The van der Waals surface area contributed by atoms with Crippen molar-refractivity contribution in [1.82, 2.24) is 4.90 Å². The van der Waals surface area contributed by atoms with Crippen LogP contribution in [0.1, 0.15) is 37.0 Å². The molecule has 1 amide bonds. The lowest BCUT2D eigenvalue weighted by Gasteiger charge is -2.36. The van der Waals surface area contributed by atoms with Gasteiger partial charge in [0.2, 0.25) is 10.0 Å². The largest absolute Gasteiger partial charge is 0.336 e. The maximum atomic E-state index is 12.6. The highest BCUT2D eigenvalue weighted by molar-refractivity contribution is 9.10. The van der Waals surface area contributed by atoms with Gasteiger partial charge in [-0.2, -0.15) is 0 Å². The first-order chi connectivity index (χ1) is 9.68. The molecule has 2 unspecified atom stereocenters. The Labute approximate surface area is 133 Å². The second-order valence-electron chi connectivity index (χ2n) is 5.70. The van der Waals surface area contributed by atoms with Gasteiger partial charge >= 0.3 is 0 Å². The number of halogens is 1. The number of hydrogen-bond donors (Lipinski definition) is 1. The number of primary sulfonamides is 1. The molecule has 1 aromatic carbocycles. The van der Waals surface area contributed by atoms with Gasteiger partial charge in [0.1, 0.15) is 0 Å². The average molecular weight is 375 g/mol. The number of sulfonamides is 1. The van der Waals surface area contributed by atoms with Crippen LogP contribution < -0.4 is 5.14 Å². The van der Waals surface area contributed by atoms with E-state index in [4.69, 9.17) is 5.14 Å². The summed E-state index contributed by atoms with van der Waals surface area (Å²) in [6, 6.07) is 4.51. The van der Waals surface area contributed by atoms with Gasteiger partial charge in [0.15, 0.2) is 0 Å². The Morgan fingerprint density at radius 1 is 1.33 bits per heavy atom. The lowest BCUT2D eigenvalue weighted by Crippen LogP contribution is -2.44. The van der Waals surface area contributed by atoms with Gasteiger partial charge in [-0.15, -0.1) is 0 Å². The van der Waals surface area contributed by atoms with Crippen LogP contribution in [0.15, 0.2) is 27.6 Å². The Morgan fingerprint density at radius 2 is 2.00 bits per heavy atom. The lowest BCUT2D eigenvalue weighted by atomic mass is 9.93. The van der Waals surface area contributed by atoms with Crippen LogP contribution >= 0.6 is 15.9 Å². The Balaban J connectivity index is 2.33. The number of amides is 1. The Hall–Kier alpha value is -0.920. The summed E-state index contributed by atoms with van der Waals surface area (Å²) in [4.78, 5) is 14.4. The van der Waals surface area contributed by atoms with Crippen LogP contribution in [-0.2, 0) is 10.0 Å². The van der Waals surface area contributed by atoms with Crippen molar-refractivity contribution in [2.45, 2.75) is 37.6 Å². The van der Waals surface area contributed by atoms with Crippen LogP contribution in [0.25, 0.3) is 0 Å². The van der Waals surface area contributed by atoms with Gasteiger partial charge in [0.25, 0.3) is 5.91 Å². The summed E-state index contributed by atoms with van der Waals surface area (Å²) in [6.45, 7) is 4.89. The number of hydrogen-bond acceptors (Lipinski definition) is 3. The number of piperidine rings is 1. The molecule has 0 spiro atoms. The number of carbonyl (C=O) groups excluding carboxylic acids is 1. The summed E-state index contributed by atoms with van der Waals surface area (Å²) in [5.41, 5.74) is 0.342. The quantitative estimate of drug-likeness (QED) is 0.862. The minimum absolute atomic E-state index is 0.0572. The fourth-order valence-corrected chi connectivity index (χ4v) is 3.95. The van der Waals surface area contributed by atoms with Gasteiger partial charge in [-0.25, -0.2) is 13.6 Å². The smallest absolute Gasteiger partial charge is 0.254 e. The summed E-state index contributed by atoms with van der Waals surface area (Å²) in [5.74, 6) is 0.451. The number of rotatable bonds is 2. The second kappa shape index (κ2) is 6.06. The normalized spacial score (nSPS) is 23.1. The molecule has 1 aromatic rings. The molecule has 0 aliphatic carbocycles. The molecule has 21 heavy (non-hydrogen) atoms. The predicted molar refractivity (Wildman–Crippen MR) is 84.4 cm³/mol. The molecular formula is C14H19BrN2O3S. The third-order valence-electron chi connectivity index (χ3n) is 3.85. The Bertz CT molecular complexity index is 660. The van der Waals surface area contributed by atoms with E-state index in [0.717, 1.165) is 12.8 Å². The summed E-state index contributed by atoms with van der Waals surface area (Å²) in [7, 11) is -3.84. The molecule has 1 saturated heterocycles. The molecule has 0 bridgehead atoms. The fourth-order valence-electron chi connectivity index (χ4n) is 2.73. The molecule has 116 valence electrons. The molecule has 7 heteroatoms. The summed E-state index contributed by atoms with van der Waals surface area (Å²) in [6.07, 6.45) is 1.92. The molecule has 5 nitrogen and oxygen atoms in total. The van der Waals surface area contributed by atoms with E-state index in [1.807, 2.05) is 6.92 Å². The fraction of sp³-hybridized carbons (Fsp3) is 0.500. The zero-order chi connectivity index (χ0) is 15.8. The van der Waals surface area contributed by atoms with Crippen LogP contribution in [0.5, 0.6) is 0 Å². The van der Waals surface area contributed by atoms with E-state index >= 15 is 0 Å². The zero-order valence-electron chi connectivity index (χ0n) is 12.0. The van der Waals surface area contributed by atoms with Gasteiger partial charge in [-0.05, 0) is 43.9 Å². The molecule has 0 aromatic heterocycles. The highest BCUT2D eigenvalue weighted by Crippen LogP contribution is 2.26. The molecule has 0 radical (unpaired) electrons. The average Bonchev–Trinajstić information content (AvgIpc) is 2.36. The molecule has 1 aliphatic heterocycles. The third-order valence-corrected chi connectivity index (χ3v) is 5.20. The van der Waals surface area contributed by atoms with Crippen LogP contribution in [0, 0.1) is 5.92 Å². The highest BCUT2D eigenvalue weighted by Gasteiger charge is 2.28. The molecule has 2 N–H and O–H groups in total. The SMILES string of the molecule is CC1CCN(C(=O)c2cc(Br)cc(S(N)(=O)=O)c2)C(C)C1. The molecule has 1 fully saturated rings. The van der Waals surface area contributed by atoms with Gasteiger partial charge in [0.05, 0.1) is 4.90 Å². The Morgan fingerprint density at radius 3 is 2.57 bits per heavy atom. The van der Waals surface area contributed by atoms with Crippen LogP contribution in [0.4, 0.5) is 0 Å². The topological polar surface area (TPSA) is 80.5 Å².